The van der Waals surface area contributed by atoms with Crippen LogP contribution < -0.4 is 10.1 Å². The van der Waals surface area contributed by atoms with Gasteiger partial charge in [0.15, 0.2) is 0 Å². The molecule has 1 rings (SSSR count). The molecule has 0 saturated heterocycles. The minimum Gasteiger partial charge on any atom is -0.497 e. The topological polar surface area (TPSA) is 21.3 Å². The summed E-state index contributed by atoms with van der Waals surface area (Å²) >= 11 is 0. The fraction of sp³-hybridized carbons (Fsp3) is 0.625. The molecule has 0 radical (unpaired) electrons. The molecule has 1 N–H and O–H groups in total. The maximum atomic E-state index is 5.17. The molecule has 0 fully saturated rings. The zero-order chi connectivity index (χ0) is 13.4. The van der Waals surface area contributed by atoms with Gasteiger partial charge in [-0.2, -0.15) is 0 Å². The molecule has 0 atom stereocenters. The van der Waals surface area contributed by atoms with Gasteiger partial charge in [0.05, 0.1) is 7.11 Å². The highest BCUT2D eigenvalue weighted by atomic mass is 16.5. The van der Waals surface area contributed by atoms with Gasteiger partial charge in [-0.3, -0.25) is 0 Å². The Morgan fingerprint density at radius 3 is 2.39 bits per heavy atom. The average Bonchev–Trinajstić information content (AvgIpc) is 2.37. The van der Waals surface area contributed by atoms with Crippen LogP contribution >= 0.6 is 0 Å². The fourth-order valence-corrected chi connectivity index (χ4v) is 1.97. The highest BCUT2D eigenvalue weighted by Crippen LogP contribution is 2.22. The molecule has 1 aromatic carbocycles. The fourth-order valence-electron chi connectivity index (χ4n) is 1.97. The van der Waals surface area contributed by atoms with E-state index >= 15 is 0 Å². The molecule has 0 aliphatic heterocycles. The number of aryl methyl sites for hydroxylation is 1. The van der Waals surface area contributed by atoms with Gasteiger partial charge in [-0.1, -0.05) is 32.9 Å². The summed E-state index contributed by atoms with van der Waals surface area (Å²) < 4.78 is 5.17. The number of hydrogen-bond acceptors (Lipinski definition) is 2. The third-order valence-corrected chi connectivity index (χ3v) is 3.28. The van der Waals surface area contributed by atoms with Gasteiger partial charge >= 0.3 is 0 Å². The second kappa shape index (κ2) is 7.42. The molecular weight excluding hydrogens is 222 g/mol. The van der Waals surface area contributed by atoms with E-state index in [9.17, 15) is 0 Å². The summed E-state index contributed by atoms with van der Waals surface area (Å²) in [6, 6.07) is 8.40. The number of hydrogen-bond donors (Lipinski definition) is 1. The van der Waals surface area contributed by atoms with Gasteiger partial charge in [0.1, 0.15) is 5.75 Å². The third kappa shape index (κ3) is 5.54. The van der Waals surface area contributed by atoms with Gasteiger partial charge < -0.3 is 10.1 Å². The Morgan fingerprint density at radius 1 is 1.17 bits per heavy atom. The quantitative estimate of drug-likeness (QED) is 0.710. The summed E-state index contributed by atoms with van der Waals surface area (Å²) in [5.41, 5.74) is 1.74. The average molecular weight is 249 g/mol. The molecule has 102 valence electrons. The molecule has 0 heterocycles. The summed E-state index contributed by atoms with van der Waals surface area (Å²) in [6.07, 6.45) is 3.54. The molecule has 1 aromatic rings. The number of rotatable bonds is 8. The smallest absolute Gasteiger partial charge is 0.118 e. The lowest BCUT2D eigenvalue weighted by atomic mass is 9.86. The largest absolute Gasteiger partial charge is 0.497 e. The molecule has 0 saturated carbocycles. The van der Waals surface area contributed by atoms with Crippen LogP contribution in [-0.4, -0.2) is 20.2 Å². The van der Waals surface area contributed by atoms with Crippen LogP contribution in [0.25, 0.3) is 0 Å². The first-order chi connectivity index (χ1) is 8.57. The normalized spacial score (nSPS) is 11.6. The van der Waals surface area contributed by atoms with Gasteiger partial charge in [0, 0.05) is 6.54 Å². The van der Waals surface area contributed by atoms with Gasteiger partial charge in [-0.15, -0.1) is 0 Å². The van der Waals surface area contributed by atoms with Gasteiger partial charge in [0.2, 0.25) is 0 Å². The van der Waals surface area contributed by atoms with Crippen LogP contribution in [0.4, 0.5) is 0 Å². The van der Waals surface area contributed by atoms with Crippen LogP contribution in [0.5, 0.6) is 5.75 Å². The minimum absolute atomic E-state index is 0.356. The minimum atomic E-state index is 0.356. The lowest BCUT2D eigenvalue weighted by Crippen LogP contribution is -2.30. The zero-order valence-electron chi connectivity index (χ0n) is 12.3. The van der Waals surface area contributed by atoms with Gasteiger partial charge in [-0.25, -0.2) is 0 Å². The summed E-state index contributed by atoms with van der Waals surface area (Å²) in [5, 5.41) is 3.51. The molecule has 0 spiro atoms. The van der Waals surface area contributed by atoms with Crippen molar-refractivity contribution in [3.05, 3.63) is 29.8 Å². The van der Waals surface area contributed by atoms with Crippen molar-refractivity contribution < 1.29 is 4.74 Å². The standard InChI is InChI=1S/C16H27NO/c1-5-12-17-13-16(2,3)11-10-14-6-8-15(18-4)9-7-14/h6-9,17H,5,10-13H2,1-4H3. The molecule has 0 aliphatic rings. The van der Waals surface area contributed by atoms with Crippen LogP contribution in [0.2, 0.25) is 0 Å². The Morgan fingerprint density at radius 2 is 1.83 bits per heavy atom. The Labute approximate surface area is 112 Å². The zero-order valence-corrected chi connectivity index (χ0v) is 12.3. The summed E-state index contributed by atoms with van der Waals surface area (Å²) in [5.74, 6) is 0.933. The molecule has 0 amide bonds. The van der Waals surface area contributed by atoms with E-state index in [-0.39, 0.29) is 0 Å². The summed E-state index contributed by atoms with van der Waals surface area (Å²) in [7, 11) is 1.71. The van der Waals surface area contributed by atoms with Crippen LogP contribution in [-0.2, 0) is 6.42 Å². The first-order valence-corrected chi connectivity index (χ1v) is 6.91. The molecule has 0 unspecified atom stereocenters. The molecule has 2 nitrogen and oxygen atoms in total. The summed E-state index contributed by atoms with van der Waals surface area (Å²) in [6.45, 7) is 9.08. The van der Waals surface area contributed by atoms with E-state index in [0.29, 0.717) is 5.41 Å². The number of nitrogens with one attached hydrogen (secondary N) is 1. The molecular formula is C16H27NO. The highest BCUT2D eigenvalue weighted by molar-refractivity contribution is 5.27. The van der Waals surface area contributed by atoms with E-state index in [4.69, 9.17) is 4.74 Å². The van der Waals surface area contributed by atoms with Crippen molar-refractivity contribution in [2.45, 2.75) is 40.0 Å². The van der Waals surface area contributed by atoms with E-state index in [0.717, 1.165) is 25.3 Å². The van der Waals surface area contributed by atoms with Crippen molar-refractivity contribution >= 4 is 0 Å². The maximum absolute atomic E-state index is 5.17. The monoisotopic (exact) mass is 249 g/mol. The van der Waals surface area contributed by atoms with Crippen LogP contribution in [0, 0.1) is 5.41 Å². The Balaban J connectivity index is 2.37. The van der Waals surface area contributed by atoms with Gasteiger partial charge in [0.25, 0.3) is 0 Å². The second-order valence-corrected chi connectivity index (χ2v) is 5.69. The van der Waals surface area contributed by atoms with Gasteiger partial charge in [-0.05, 0) is 48.9 Å². The molecule has 2 heteroatoms. The first-order valence-electron chi connectivity index (χ1n) is 6.91. The van der Waals surface area contributed by atoms with E-state index in [2.05, 4.69) is 38.2 Å². The van der Waals surface area contributed by atoms with Crippen LogP contribution in [0.3, 0.4) is 0 Å². The lowest BCUT2D eigenvalue weighted by Gasteiger charge is -2.25. The van der Waals surface area contributed by atoms with Crippen molar-refractivity contribution in [1.82, 2.24) is 5.32 Å². The number of methoxy groups -OCH3 is 1. The second-order valence-electron chi connectivity index (χ2n) is 5.69. The third-order valence-electron chi connectivity index (χ3n) is 3.28. The number of benzene rings is 1. The molecule has 0 aliphatic carbocycles. The first kappa shape index (κ1) is 15.0. The van der Waals surface area contributed by atoms with Crippen molar-refractivity contribution in [2.24, 2.45) is 5.41 Å². The van der Waals surface area contributed by atoms with E-state index in [1.165, 1.54) is 18.4 Å². The Bertz CT molecular complexity index is 329. The molecule has 0 aromatic heterocycles. The maximum Gasteiger partial charge on any atom is 0.118 e. The van der Waals surface area contributed by atoms with Crippen molar-refractivity contribution in [3.63, 3.8) is 0 Å². The predicted octanol–water partition coefficient (Wildman–Crippen LogP) is 3.65. The van der Waals surface area contributed by atoms with Crippen LogP contribution in [0.15, 0.2) is 24.3 Å². The van der Waals surface area contributed by atoms with E-state index < -0.39 is 0 Å². The van der Waals surface area contributed by atoms with E-state index in [1.54, 1.807) is 7.11 Å². The molecule has 0 bridgehead atoms. The van der Waals surface area contributed by atoms with Crippen LogP contribution in [0.1, 0.15) is 39.2 Å². The SMILES string of the molecule is CCCNCC(C)(C)CCc1ccc(OC)cc1. The lowest BCUT2D eigenvalue weighted by molar-refractivity contribution is 0.315. The Hall–Kier alpha value is -1.02. The number of ether oxygens (including phenoxy) is 1. The van der Waals surface area contributed by atoms with Crippen molar-refractivity contribution in [3.8, 4) is 5.75 Å². The Kier molecular flexibility index (Phi) is 6.20. The van der Waals surface area contributed by atoms with Crippen molar-refractivity contribution in [1.29, 1.82) is 0 Å². The predicted molar refractivity (Wildman–Crippen MR) is 78.3 cm³/mol. The van der Waals surface area contributed by atoms with E-state index in [1.807, 2.05) is 12.1 Å². The highest BCUT2D eigenvalue weighted by Gasteiger charge is 2.16. The molecule has 18 heavy (non-hydrogen) atoms. The summed E-state index contributed by atoms with van der Waals surface area (Å²) in [4.78, 5) is 0. The van der Waals surface area contributed by atoms with Crippen molar-refractivity contribution in [2.75, 3.05) is 20.2 Å².